The molecule has 0 aliphatic heterocycles. The Morgan fingerprint density at radius 2 is 1.70 bits per heavy atom. The number of ether oxygens (including phenoxy) is 1. The van der Waals surface area contributed by atoms with Crippen molar-refractivity contribution in [3.8, 4) is 0 Å². The third-order valence-corrected chi connectivity index (χ3v) is 14.1. The highest BCUT2D eigenvalue weighted by Gasteiger charge is 2.59. The molecule has 4 fully saturated rings. The van der Waals surface area contributed by atoms with Gasteiger partial charge in [-0.2, -0.15) is 0 Å². The van der Waals surface area contributed by atoms with Crippen LogP contribution in [0, 0.1) is 52.3 Å². The van der Waals surface area contributed by atoms with E-state index in [0.717, 1.165) is 73.5 Å². The maximum absolute atomic E-state index is 12.7. The molecule has 0 saturated heterocycles. The van der Waals surface area contributed by atoms with E-state index in [1.165, 1.54) is 70.6 Å². The van der Waals surface area contributed by atoms with Gasteiger partial charge in [0.15, 0.2) is 0 Å². The third-order valence-electron chi connectivity index (χ3n) is 14.1. The quantitative estimate of drug-likeness (QED) is 0.191. The van der Waals surface area contributed by atoms with E-state index in [1.807, 2.05) is 0 Å². The summed E-state index contributed by atoms with van der Waals surface area (Å²) >= 11 is 0. The van der Waals surface area contributed by atoms with Crippen molar-refractivity contribution in [1.82, 2.24) is 5.32 Å². The summed E-state index contributed by atoms with van der Waals surface area (Å²) < 4.78 is 5.99. The Morgan fingerprint density at radius 1 is 0.930 bits per heavy atom. The average molecular weight is 596 g/mol. The molecule has 5 aliphatic carbocycles. The highest BCUT2D eigenvalue weighted by Crippen LogP contribution is 2.67. The van der Waals surface area contributed by atoms with Crippen LogP contribution in [-0.4, -0.2) is 24.0 Å². The lowest BCUT2D eigenvalue weighted by Gasteiger charge is -2.58. The molecular formula is C39H65NO3. The molecule has 244 valence electrons. The number of amides is 1. The van der Waals surface area contributed by atoms with Crippen LogP contribution in [-0.2, 0) is 14.3 Å². The summed E-state index contributed by atoms with van der Waals surface area (Å²) in [5.74, 6) is 5.71. The van der Waals surface area contributed by atoms with Gasteiger partial charge in [-0.1, -0.05) is 85.3 Å². The fourth-order valence-electron chi connectivity index (χ4n) is 11.4. The third kappa shape index (κ3) is 7.09. The van der Waals surface area contributed by atoms with Crippen molar-refractivity contribution < 1.29 is 14.3 Å². The highest BCUT2D eigenvalue weighted by molar-refractivity contribution is 5.81. The van der Waals surface area contributed by atoms with Crippen LogP contribution in [0.2, 0.25) is 0 Å². The van der Waals surface area contributed by atoms with E-state index < -0.39 is 0 Å². The second kappa shape index (κ2) is 14.0. The minimum absolute atomic E-state index is 0.00894. The molecule has 1 amide bonds. The molecule has 0 radical (unpaired) electrons. The number of carbonyl (C=O) groups excluding carboxylic acids is 2. The van der Waals surface area contributed by atoms with Gasteiger partial charge in [0.1, 0.15) is 6.10 Å². The van der Waals surface area contributed by atoms with Crippen molar-refractivity contribution in [2.45, 2.75) is 169 Å². The second-order valence-corrected chi connectivity index (χ2v) is 16.7. The van der Waals surface area contributed by atoms with Crippen LogP contribution in [0.3, 0.4) is 0 Å². The van der Waals surface area contributed by atoms with Gasteiger partial charge < -0.3 is 10.1 Å². The first-order valence-electron chi connectivity index (χ1n) is 18.7. The molecule has 0 unspecified atom stereocenters. The summed E-state index contributed by atoms with van der Waals surface area (Å²) in [5.41, 5.74) is 2.35. The van der Waals surface area contributed by atoms with Gasteiger partial charge in [0.25, 0.3) is 0 Å². The van der Waals surface area contributed by atoms with E-state index in [9.17, 15) is 9.59 Å². The fraction of sp³-hybridized carbons (Fsp3) is 0.897. The molecule has 0 aromatic heterocycles. The van der Waals surface area contributed by atoms with E-state index in [1.54, 1.807) is 5.57 Å². The number of hydrogen-bond donors (Lipinski definition) is 1. The van der Waals surface area contributed by atoms with E-state index in [4.69, 9.17) is 4.74 Å². The maximum Gasteiger partial charge on any atom is 0.306 e. The van der Waals surface area contributed by atoms with Crippen molar-refractivity contribution in [3.63, 3.8) is 0 Å². The maximum atomic E-state index is 12.7. The van der Waals surface area contributed by atoms with E-state index >= 15 is 0 Å². The Kier molecular flexibility index (Phi) is 10.7. The van der Waals surface area contributed by atoms with Gasteiger partial charge in [0, 0.05) is 18.9 Å². The van der Waals surface area contributed by atoms with E-state index in [0.29, 0.717) is 11.5 Å². The molecule has 5 aliphatic rings. The second-order valence-electron chi connectivity index (χ2n) is 16.7. The van der Waals surface area contributed by atoms with E-state index in [2.05, 4.69) is 52.9 Å². The Morgan fingerprint density at radius 3 is 2.42 bits per heavy atom. The molecule has 0 aromatic rings. The van der Waals surface area contributed by atoms with Crippen molar-refractivity contribution in [3.05, 3.63) is 11.6 Å². The van der Waals surface area contributed by atoms with Crippen LogP contribution in [0.5, 0.6) is 0 Å². The number of rotatable bonds is 11. The molecule has 4 nitrogen and oxygen atoms in total. The van der Waals surface area contributed by atoms with Gasteiger partial charge in [-0.3, -0.25) is 9.59 Å². The molecule has 9 atom stereocenters. The molecule has 5 rings (SSSR count). The summed E-state index contributed by atoms with van der Waals surface area (Å²) in [7, 11) is 0. The fourth-order valence-corrected chi connectivity index (χ4v) is 11.4. The number of allylic oxidation sites excluding steroid dienone is 1. The highest BCUT2D eigenvalue weighted by atomic mass is 16.5. The average Bonchev–Trinajstić information content (AvgIpc) is 3.34. The van der Waals surface area contributed by atoms with Crippen LogP contribution in [0.1, 0.15) is 157 Å². The minimum Gasteiger partial charge on any atom is -0.462 e. The van der Waals surface area contributed by atoms with Gasteiger partial charge in [0.05, 0.1) is 6.42 Å². The number of carbonyl (C=O) groups is 2. The topological polar surface area (TPSA) is 55.4 Å². The van der Waals surface area contributed by atoms with Gasteiger partial charge in [0.2, 0.25) is 5.91 Å². The predicted octanol–water partition coefficient (Wildman–Crippen LogP) is 9.80. The lowest BCUT2D eigenvalue weighted by molar-refractivity contribution is -0.152. The normalized spacial score (nSPS) is 37.5. The molecule has 4 heteroatoms. The summed E-state index contributed by atoms with van der Waals surface area (Å²) in [4.78, 5) is 25.1. The first-order valence-corrected chi connectivity index (χ1v) is 18.7. The zero-order valence-corrected chi connectivity index (χ0v) is 28.7. The smallest absolute Gasteiger partial charge is 0.306 e. The molecular weight excluding hydrogens is 530 g/mol. The Hall–Kier alpha value is -1.32. The number of esters is 1. The van der Waals surface area contributed by atoms with Gasteiger partial charge in [-0.25, -0.2) is 0 Å². The Balaban J connectivity index is 1.14. The Bertz CT molecular complexity index is 996. The number of fused-ring (bicyclic) bond motifs is 5. The van der Waals surface area contributed by atoms with Crippen LogP contribution >= 0.6 is 0 Å². The lowest BCUT2D eigenvalue weighted by atomic mass is 9.47. The molecule has 1 N–H and O–H groups in total. The predicted molar refractivity (Wildman–Crippen MR) is 176 cm³/mol. The summed E-state index contributed by atoms with van der Waals surface area (Å²) in [6.45, 7) is 15.0. The van der Waals surface area contributed by atoms with Crippen molar-refractivity contribution in [2.75, 3.05) is 0 Å². The van der Waals surface area contributed by atoms with Crippen LogP contribution in [0.25, 0.3) is 0 Å². The molecule has 0 aromatic carbocycles. The van der Waals surface area contributed by atoms with E-state index in [-0.39, 0.29) is 36.2 Å². The monoisotopic (exact) mass is 595 g/mol. The van der Waals surface area contributed by atoms with Crippen molar-refractivity contribution >= 4 is 11.9 Å². The van der Waals surface area contributed by atoms with Gasteiger partial charge in [-0.05, 0) is 116 Å². The zero-order valence-electron chi connectivity index (χ0n) is 28.7. The first-order chi connectivity index (χ1) is 20.5. The summed E-state index contributed by atoms with van der Waals surface area (Å²) in [6, 6.07) is 0.301. The molecule has 43 heavy (non-hydrogen) atoms. The molecule has 0 bridgehead atoms. The minimum atomic E-state index is -0.195. The SMILES string of the molecule is CC[C@@H](CC[C@@H](C)[C@H]1CC[C@H]2[C@@H]3CC=C4C[C@@H](OC(=O)CCC(=O)NC5CCCCC5)CC[C@]4(C)[C@H]3CC[C@]12C)C(C)C. The first kappa shape index (κ1) is 33.1. The largest absolute Gasteiger partial charge is 0.462 e. The standard InChI is InChI=1S/C39H65NO3/c1-7-28(26(2)3)14-13-27(4)33-17-18-34-32-16-15-29-25-31(21-23-38(29,5)35(32)22-24-39(33,34)6)43-37(42)20-19-36(41)40-30-11-9-8-10-12-30/h15,26-28,30-35H,7-14,16-25H2,1-6H3,(H,40,41)/t27-,28+,31+,32+,33-,34+,35+,38+,39-/m1/s1. The van der Waals surface area contributed by atoms with Gasteiger partial charge in [-0.15, -0.1) is 0 Å². The lowest BCUT2D eigenvalue weighted by Crippen LogP contribution is -2.51. The van der Waals surface area contributed by atoms with Crippen LogP contribution in [0.15, 0.2) is 11.6 Å². The number of nitrogens with one attached hydrogen (secondary N) is 1. The zero-order chi connectivity index (χ0) is 30.8. The number of hydrogen-bond acceptors (Lipinski definition) is 3. The van der Waals surface area contributed by atoms with Crippen LogP contribution in [0.4, 0.5) is 0 Å². The molecule has 0 spiro atoms. The summed E-state index contributed by atoms with van der Waals surface area (Å²) in [5, 5.41) is 3.13. The molecule has 0 heterocycles. The Labute approximate surface area is 264 Å². The van der Waals surface area contributed by atoms with Crippen LogP contribution < -0.4 is 5.32 Å². The van der Waals surface area contributed by atoms with Gasteiger partial charge >= 0.3 is 5.97 Å². The molecule has 4 saturated carbocycles. The van der Waals surface area contributed by atoms with Crippen molar-refractivity contribution in [1.29, 1.82) is 0 Å². The van der Waals surface area contributed by atoms with Crippen molar-refractivity contribution in [2.24, 2.45) is 52.3 Å². The summed E-state index contributed by atoms with van der Waals surface area (Å²) in [6.07, 6.45) is 22.9.